The highest BCUT2D eigenvalue weighted by molar-refractivity contribution is 7.99. The zero-order valence-electron chi connectivity index (χ0n) is 10.6. The lowest BCUT2D eigenvalue weighted by Gasteiger charge is -2.10. The lowest BCUT2D eigenvalue weighted by Crippen LogP contribution is -2.27. The quantitative estimate of drug-likeness (QED) is 0.882. The van der Waals surface area contributed by atoms with Crippen LogP contribution in [0.15, 0.2) is 34.6 Å². The molecular weight excluding hydrogens is 262 g/mol. The minimum Gasteiger partial charge on any atom is -0.316 e. The first-order valence-corrected chi connectivity index (χ1v) is 6.58. The Labute approximate surface area is 114 Å². The smallest absolute Gasteiger partial charge is 0.248 e. The number of nitrogens with two attached hydrogens (primary N) is 1. The van der Waals surface area contributed by atoms with Crippen LogP contribution in [0.25, 0.3) is 0 Å². The first kappa shape index (κ1) is 12.2. The van der Waals surface area contributed by atoms with Crippen LogP contribution >= 0.6 is 11.8 Å². The first-order valence-electron chi connectivity index (χ1n) is 5.77. The van der Waals surface area contributed by atoms with E-state index in [0.717, 1.165) is 21.3 Å². The van der Waals surface area contributed by atoms with E-state index in [4.69, 9.17) is 5.73 Å². The number of likely N-dealkylation sites (N-methyl/N-ethyl adjacent to an activating group) is 1. The number of benzene rings is 1. The molecule has 0 fully saturated rings. The van der Waals surface area contributed by atoms with Crippen LogP contribution < -0.4 is 10.6 Å². The van der Waals surface area contributed by atoms with Crippen LogP contribution in [0.5, 0.6) is 0 Å². The highest BCUT2D eigenvalue weighted by atomic mass is 32.2. The van der Waals surface area contributed by atoms with Crippen LogP contribution in [0, 0.1) is 0 Å². The molecule has 1 atom stereocenters. The maximum absolute atomic E-state index is 11.8. The van der Waals surface area contributed by atoms with Crippen molar-refractivity contribution in [2.24, 2.45) is 12.8 Å². The van der Waals surface area contributed by atoms with E-state index < -0.39 is 6.04 Å². The molecule has 0 radical (unpaired) electrons. The summed E-state index contributed by atoms with van der Waals surface area (Å²) in [5, 5.41) is 8.66. The maximum atomic E-state index is 11.8. The SMILES string of the molecule is CN1C(=O)C(N)c2ccc(Sc3nncn3C)cc21. The van der Waals surface area contributed by atoms with Gasteiger partial charge < -0.3 is 15.2 Å². The van der Waals surface area contributed by atoms with Gasteiger partial charge in [0.05, 0.1) is 0 Å². The molecule has 3 rings (SSSR count). The van der Waals surface area contributed by atoms with E-state index in [1.54, 1.807) is 18.3 Å². The van der Waals surface area contributed by atoms with Gasteiger partial charge in [0.15, 0.2) is 5.16 Å². The normalized spacial score (nSPS) is 17.9. The lowest BCUT2D eigenvalue weighted by molar-refractivity contribution is -0.118. The number of hydrogen-bond donors (Lipinski definition) is 1. The van der Waals surface area contributed by atoms with E-state index in [1.807, 2.05) is 29.8 Å². The molecule has 6 nitrogen and oxygen atoms in total. The Balaban J connectivity index is 1.95. The topological polar surface area (TPSA) is 77.0 Å². The van der Waals surface area contributed by atoms with Crippen LogP contribution in [0.2, 0.25) is 0 Å². The number of fused-ring (bicyclic) bond motifs is 1. The Morgan fingerprint density at radius 3 is 2.84 bits per heavy atom. The minimum absolute atomic E-state index is 0.0733. The Bertz CT molecular complexity index is 653. The van der Waals surface area contributed by atoms with Gasteiger partial charge in [-0.1, -0.05) is 6.07 Å². The molecule has 7 heteroatoms. The third kappa shape index (κ3) is 1.91. The molecule has 0 aliphatic carbocycles. The van der Waals surface area contributed by atoms with Gasteiger partial charge in [-0.25, -0.2) is 0 Å². The number of nitrogens with zero attached hydrogens (tertiary/aromatic N) is 4. The number of rotatable bonds is 2. The number of carbonyl (C=O) groups excluding carboxylic acids is 1. The van der Waals surface area contributed by atoms with Gasteiger partial charge in [0.25, 0.3) is 0 Å². The minimum atomic E-state index is -0.547. The molecule has 19 heavy (non-hydrogen) atoms. The molecule has 1 aliphatic rings. The summed E-state index contributed by atoms with van der Waals surface area (Å²) in [4.78, 5) is 14.4. The Morgan fingerprint density at radius 2 is 2.16 bits per heavy atom. The average molecular weight is 275 g/mol. The third-order valence-corrected chi connectivity index (χ3v) is 4.22. The van der Waals surface area contributed by atoms with Crippen molar-refractivity contribution in [3.05, 3.63) is 30.1 Å². The highest BCUT2D eigenvalue weighted by Gasteiger charge is 2.32. The van der Waals surface area contributed by atoms with E-state index in [1.165, 1.54) is 11.8 Å². The summed E-state index contributed by atoms with van der Waals surface area (Å²) in [6.07, 6.45) is 1.65. The molecule has 1 unspecified atom stereocenters. The van der Waals surface area contributed by atoms with Gasteiger partial charge in [0, 0.05) is 30.2 Å². The molecular formula is C12H13N5OS. The van der Waals surface area contributed by atoms with Crippen molar-refractivity contribution in [2.45, 2.75) is 16.1 Å². The fraction of sp³-hybridized carbons (Fsp3) is 0.250. The second-order valence-corrected chi connectivity index (χ2v) is 5.46. The van der Waals surface area contributed by atoms with Gasteiger partial charge in [-0.3, -0.25) is 4.79 Å². The van der Waals surface area contributed by atoms with Gasteiger partial charge in [-0.2, -0.15) is 0 Å². The first-order chi connectivity index (χ1) is 9.08. The van der Waals surface area contributed by atoms with Gasteiger partial charge in [-0.05, 0) is 23.9 Å². The Kier molecular flexibility index (Phi) is 2.79. The summed E-state index contributed by atoms with van der Waals surface area (Å²) in [6.45, 7) is 0. The molecule has 2 heterocycles. The van der Waals surface area contributed by atoms with Crippen LogP contribution in [0.1, 0.15) is 11.6 Å². The van der Waals surface area contributed by atoms with Gasteiger partial charge in [0.1, 0.15) is 12.4 Å². The van der Waals surface area contributed by atoms with Gasteiger partial charge >= 0.3 is 0 Å². The van der Waals surface area contributed by atoms with E-state index >= 15 is 0 Å². The van der Waals surface area contributed by atoms with Crippen molar-refractivity contribution in [1.29, 1.82) is 0 Å². The monoisotopic (exact) mass is 275 g/mol. The summed E-state index contributed by atoms with van der Waals surface area (Å²) < 4.78 is 1.85. The standard InChI is InChI=1S/C12H13N5OS/c1-16-6-14-15-12(16)19-7-3-4-8-9(5-7)17(2)11(18)10(8)13/h3-6,10H,13H2,1-2H3. The highest BCUT2D eigenvalue weighted by Crippen LogP contribution is 2.37. The van der Waals surface area contributed by atoms with E-state index in [0.29, 0.717) is 0 Å². The van der Waals surface area contributed by atoms with Crippen LogP contribution in [-0.4, -0.2) is 27.7 Å². The van der Waals surface area contributed by atoms with Crippen molar-refractivity contribution < 1.29 is 4.79 Å². The van der Waals surface area contributed by atoms with Crippen LogP contribution in [0.4, 0.5) is 5.69 Å². The van der Waals surface area contributed by atoms with Crippen molar-refractivity contribution in [1.82, 2.24) is 14.8 Å². The Morgan fingerprint density at radius 1 is 1.37 bits per heavy atom. The predicted molar refractivity (Wildman–Crippen MR) is 71.9 cm³/mol. The molecule has 2 aromatic rings. The number of amides is 1. The summed E-state index contributed by atoms with van der Waals surface area (Å²) in [5.74, 6) is -0.0733. The number of carbonyl (C=O) groups is 1. The predicted octanol–water partition coefficient (Wildman–Crippen LogP) is 0.942. The summed E-state index contributed by atoms with van der Waals surface area (Å²) in [7, 11) is 3.63. The zero-order valence-corrected chi connectivity index (χ0v) is 11.4. The molecule has 0 saturated heterocycles. The van der Waals surface area contributed by atoms with E-state index in [9.17, 15) is 4.79 Å². The van der Waals surface area contributed by atoms with E-state index in [2.05, 4.69) is 10.2 Å². The maximum Gasteiger partial charge on any atom is 0.248 e. The number of hydrogen-bond acceptors (Lipinski definition) is 5. The Hall–Kier alpha value is -1.86. The fourth-order valence-corrected chi connectivity index (χ4v) is 2.87. The molecule has 1 aromatic carbocycles. The van der Waals surface area contributed by atoms with E-state index in [-0.39, 0.29) is 5.91 Å². The number of aryl methyl sites for hydroxylation is 1. The summed E-state index contributed by atoms with van der Waals surface area (Å²) in [6, 6.07) is 5.26. The van der Waals surface area contributed by atoms with Gasteiger partial charge in [-0.15, -0.1) is 10.2 Å². The molecule has 0 saturated carbocycles. The second-order valence-electron chi connectivity index (χ2n) is 4.42. The molecule has 1 amide bonds. The lowest BCUT2D eigenvalue weighted by atomic mass is 10.1. The largest absolute Gasteiger partial charge is 0.316 e. The van der Waals surface area contributed by atoms with Crippen molar-refractivity contribution in [3.8, 4) is 0 Å². The molecule has 0 bridgehead atoms. The number of anilines is 1. The fourth-order valence-electron chi connectivity index (χ4n) is 2.07. The second kappa shape index (κ2) is 4.36. The zero-order chi connectivity index (χ0) is 13.6. The van der Waals surface area contributed by atoms with Crippen molar-refractivity contribution in [3.63, 3.8) is 0 Å². The molecule has 1 aromatic heterocycles. The van der Waals surface area contributed by atoms with Gasteiger partial charge in [0.2, 0.25) is 5.91 Å². The molecule has 2 N–H and O–H groups in total. The van der Waals surface area contributed by atoms with Crippen molar-refractivity contribution in [2.75, 3.05) is 11.9 Å². The number of aromatic nitrogens is 3. The van der Waals surface area contributed by atoms with Crippen LogP contribution in [0.3, 0.4) is 0 Å². The van der Waals surface area contributed by atoms with Crippen LogP contribution in [-0.2, 0) is 11.8 Å². The third-order valence-electron chi connectivity index (χ3n) is 3.17. The summed E-state index contributed by atoms with van der Waals surface area (Å²) >= 11 is 1.50. The molecule has 98 valence electrons. The molecule has 0 spiro atoms. The van der Waals surface area contributed by atoms with Crippen molar-refractivity contribution >= 4 is 23.4 Å². The average Bonchev–Trinajstić information content (AvgIpc) is 2.89. The molecule has 1 aliphatic heterocycles. The summed E-state index contributed by atoms with van der Waals surface area (Å²) in [5.41, 5.74) is 7.60.